The maximum Gasteiger partial charge on any atom is 0.388 e. The summed E-state index contributed by atoms with van der Waals surface area (Å²) in [5.74, 6) is 0. The molecule has 76 valence electrons. The van der Waals surface area contributed by atoms with Gasteiger partial charge in [0, 0.05) is 31.4 Å². The molecule has 14 heavy (non-hydrogen) atoms. The van der Waals surface area contributed by atoms with Gasteiger partial charge in [-0.1, -0.05) is 0 Å². The second kappa shape index (κ2) is 4.83. The second-order valence-electron chi connectivity index (χ2n) is 3.42. The molecule has 0 aromatic heterocycles. The van der Waals surface area contributed by atoms with Crippen LogP contribution in [-0.4, -0.2) is 14.1 Å². The molecular weight excluding hydrogens is 198 g/mol. The average molecular weight is 212 g/mol. The predicted octanol–water partition coefficient (Wildman–Crippen LogP) is -0.142. The van der Waals surface area contributed by atoms with Crippen molar-refractivity contribution in [1.29, 1.82) is 5.39 Å². The lowest BCUT2D eigenvalue weighted by atomic mass is 10.1. The molecule has 0 aliphatic rings. The Hall–Kier alpha value is -1.27. The van der Waals surface area contributed by atoms with Gasteiger partial charge >= 0.3 is 5.69 Å². The average Bonchev–Trinajstić information content (AvgIpc) is 2.07. The van der Waals surface area contributed by atoms with Crippen LogP contribution in [0.25, 0.3) is 4.98 Å². The van der Waals surface area contributed by atoms with Crippen LogP contribution in [0.5, 0.6) is 0 Å². The van der Waals surface area contributed by atoms with Crippen molar-refractivity contribution in [3.63, 3.8) is 0 Å². The van der Waals surface area contributed by atoms with Crippen molar-refractivity contribution in [1.82, 2.24) is 0 Å². The van der Waals surface area contributed by atoms with E-state index >= 15 is 0 Å². The van der Waals surface area contributed by atoms with Crippen molar-refractivity contribution in [2.24, 2.45) is 0 Å². The van der Waals surface area contributed by atoms with Gasteiger partial charge in [-0.3, -0.25) is 0 Å². The number of halogens is 1. The molecule has 1 aromatic rings. The van der Waals surface area contributed by atoms with E-state index < -0.39 is 0 Å². The highest BCUT2D eigenvalue weighted by Gasteiger charge is 2.13. The Balaban J connectivity index is 0.00000169. The van der Waals surface area contributed by atoms with Crippen LogP contribution in [0.3, 0.4) is 0 Å². The minimum Gasteiger partial charge on any atom is -1.00 e. The molecule has 0 N–H and O–H groups in total. The molecule has 0 saturated heterocycles. The maximum absolute atomic E-state index is 8.68. The lowest BCUT2D eigenvalue weighted by molar-refractivity contribution is -0.00000313. The number of aryl methyl sites for hydroxylation is 2. The number of hydrogen-bond donors (Lipinski definition) is 0. The number of anilines is 1. The first-order valence-electron chi connectivity index (χ1n) is 4.20. The van der Waals surface area contributed by atoms with Gasteiger partial charge in [-0.2, -0.15) is 0 Å². The lowest BCUT2D eigenvalue weighted by Gasteiger charge is -2.14. The largest absolute Gasteiger partial charge is 1.00 e. The van der Waals surface area contributed by atoms with Crippen molar-refractivity contribution >= 4 is 11.4 Å². The van der Waals surface area contributed by atoms with Gasteiger partial charge in [0.25, 0.3) is 0 Å². The summed E-state index contributed by atoms with van der Waals surface area (Å²) in [6, 6.07) is 3.90. The second-order valence-corrected chi connectivity index (χ2v) is 3.42. The smallest absolute Gasteiger partial charge is 0.388 e. The van der Waals surface area contributed by atoms with Crippen molar-refractivity contribution < 1.29 is 12.4 Å². The Bertz CT molecular complexity index is 366. The highest BCUT2D eigenvalue weighted by atomic mass is 35.5. The molecular formula is C10H14ClN3. The summed E-state index contributed by atoms with van der Waals surface area (Å²) in [6.45, 7) is 3.94. The molecule has 0 unspecified atom stereocenters. The molecule has 1 aromatic carbocycles. The van der Waals surface area contributed by atoms with E-state index in [2.05, 4.69) is 4.98 Å². The third-order valence-electron chi connectivity index (χ3n) is 2.10. The molecule has 4 heteroatoms. The first kappa shape index (κ1) is 12.7. The summed E-state index contributed by atoms with van der Waals surface area (Å²) < 4.78 is 0. The minimum absolute atomic E-state index is 0. The van der Waals surface area contributed by atoms with Crippen LogP contribution < -0.4 is 17.3 Å². The molecule has 1 rings (SSSR count). The molecule has 0 amide bonds. The van der Waals surface area contributed by atoms with Crippen LogP contribution in [0.1, 0.15) is 11.1 Å². The number of hydrogen-bond acceptors (Lipinski definition) is 2. The number of rotatable bonds is 1. The Morgan fingerprint density at radius 1 is 1.14 bits per heavy atom. The van der Waals surface area contributed by atoms with Crippen LogP contribution >= 0.6 is 0 Å². The molecule has 0 atom stereocenters. The van der Waals surface area contributed by atoms with Gasteiger partial charge in [-0.25, -0.2) is 0 Å². The first-order valence-corrected chi connectivity index (χ1v) is 4.20. The highest BCUT2D eigenvalue weighted by molar-refractivity contribution is 5.64. The summed E-state index contributed by atoms with van der Waals surface area (Å²) in [6.07, 6.45) is 0. The van der Waals surface area contributed by atoms with Gasteiger partial charge in [0.2, 0.25) is 5.39 Å². The fourth-order valence-electron chi connectivity index (χ4n) is 1.38. The van der Waals surface area contributed by atoms with Gasteiger partial charge in [-0.05, 0) is 25.5 Å². The van der Waals surface area contributed by atoms with E-state index in [1.54, 1.807) is 0 Å². The standard InChI is InChI=1S/C10H14N3.ClH/c1-7-6-10(13(3)4)8(2)5-9(7)12-11;/h5-6H,1-4H3;1H/q+1;/p-1. The Kier molecular flexibility index (Phi) is 4.39. The van der Waals surface area contributed by atoms with Crippen molar-refractivity contribution in [2.75, 3.05) is 19.0 Å². The van der Waals surface area contributed by atoms with E-state index in [4.69, 9.17) is 5.39 Å². The third kappa shape index (κ3) is 2.36. The molecule has 0 saturated carbocycles. The van der Waals surface area contributed by atoms with Gasteiger partial charge < -0.3 is 17.3 Å². The molecule has 0 fully saturated rings. The Labute approximate surface area is 90.8 Å². The summed E-state index contributed by atoms with van der Waals surface area (Å²) in [5.41, 5.74) is 3.90. The maximum atomic E-state index is 8.68. The van der Waals surface area contributed by atoms with Crippen molar-refractivity contribution in [2.45, 2.75) is 13.8 Å². The SMILES string of the molecule is Cc1cc(N(C)C)c(C)cc1[N+]#N.[Cl-]. The predicted molar refractivity (Wildman–Crippen MR) is 55.0 cm³/mol. The number of nitrogens with zero attached hydrogens (tertiary/aromatic N) is 3. The van der Waals surface area contributed by atoms with Gasteiger partial charge in [-0.15, -0.1) is 0 Å². The lowest BCUT2D eigenvalue weighted by Crippen LogP contribution is -3.00. The summed E-state index contributed by atoms with van der Waals surface area (Å²) in [4.78, 5) is 5.26. The molecule has 0 aliphatic carbocycles. The fourth-order valence-corrected chi connectivity index (χ4v) is 1.38. The molecule has 0 spiro atoms. The minimum atomic E-state index is 0. The van der Waals surface area contributed by atoms with Crippen LogP contribution in [-0.2, 0) is 0 Å². The van der Waals surface area contributed by atoms with E-state index in [0.29, 0.717) is 5.69 Å². The van der Waals surface area contributed by atoms with Gasteiger partial charge in [0.05, 0.1) is 0 Å². The van der Waals surface area contributed by atoms with E-state index in [0.717, 1.165) is 16.8 Å². The van der Waals surface area contributed by atoms with E-state index in [-0.39, 0.29) is 12.4 Å². The molecule has 0 heterocycles. The number of diazo groups is 1. The topological polar surface area (TPSA) is 31.4 Å². The summed E-state index contributed by atoms with van der Waals surface area (Å²) >= 11 is 0. The molecule has 0 bridgehead atoms. The zero-order valence-electron chi connectivity index (χ0n) is 8.87. The van der Waals surface area contributed by atoms with Crippen LogP contribution in [0.2, 0.25) is 0 Å². The zero-order valence-corrected chi connectivity index (χ0v) is 9.63. The van der Waals surface area contributed by atoms with Crippen LogP contribution in [0.15, 0.2) is 12.1 Å². The van der Waals surface area contributed by atoms with Crippen molar-refractivity contribution in [3.05, 3.63) is 28.2 Å². The summed E-state index contributed by atoms with van der Waals surface area (Å²) in [7, 11) is 4.00. The summed E-state index contributed by atoms with van der Waals surface area (Å²) in [5, 5.41) is 8.68. The number of benzene rings is 1. The third-order valence-corrected chi connectivity index (χ3v) is 2.10. The van der Waals surface area contributed by atoms with E-state index in [1.165, 1.54) is 0 Å². The van der Waals surface area contributed by atoms with Crippen LogP contribution in [0.4, 0.5) is 11.4 Å². The van der Waals surface area contributed by atoms with Gasteiger partial charge in [0.15, 0.2) is 4.98 Å². The molecule has 0 aliphatic heterocycles. The van der Waals surface area contributed by atoms with Crippen molar-refractivity contribution in [3.8, 4) is 0 Å². The Morgan fingerprint density at radius 2 is 1.71 bits per heavy atom. The normalized spacial score (nSPS) is 8.79. The monoisotopic (exact) mass is 211 g/mol. The fraction of sp³-hybridized carbons (Fsp3) is 0.400. The Morgan fingerprint density at radius 3 is 2.14 bits per heavy atom. The quantitative estimate of drug-likeness (QED) is 0.606. The first-order chi connectivity index (χ1) is 6.06. The molecule has 3 nitrogen and oxygen atoms in total. The highest BCUT2D eigenvalue weighted by Crippen LogP contribution is 2.27. The van der Waals surface area contributed by atoms with Crippen LogP contribution in [0, 0.1) is 19.2 Å². The molecule has 0 radical (unpaired) electrons. The van der Waals surface area contributed by atoms with E-state index in [1.807, 2.05) is 45.0 Å². The zero-order chi connectivity index (χ0) is 10.0. The van der Waals surface area contributed by atoms with E-state index in [9.17, 15) is 0 Å². The van der Waals surface area contributed by atoms with Gasteiger partial charge in [0.1, 0.15) is 0 Å².